The van der Waals surface area contributed by atoms with Crippen LogP contribution in [0, 0.1) is 5.82 Å². The monoisotopic (exact) mass is 343 g/mol. The van der Waals surface area contributed by atoms with Crippen molar-refractivity contribution in [2.24, 2.45) is 5.73 Å². The molecule has 0 amide bonds. The molecular formula is C14H15BrFNOS. The van der Waals surface area contributed by atoms with Crippen molar-refractivity contribution in [3.63, 3.8) is 0 Å². The number of hydrogen-bond donors (Lipinski definition) is 2. The summed E-state index contributed by atoms with van der Waals surface area (Å²) >= 11 is 4.97. The SMILES string of the molecule is NCC(CO)(Cc1cc(Br)cs1)c1ccccc1F. The second kappa shape index (κ2) is 6.13. The molecular weight excluding hydrogens is 329 g/mol. The van der Waals surface area contributed by atoms with Gasteiger partial charge in [-0.2, -0.15) is 0 Å². The fraction of sp³-hybridized carbons (Fsp3) is 0.286. The van der Waals surface area contributed by atoms with Gasteiger partial charge in [-0.05, 0) is 40.0 Å². The van der Waals surface area contributed by atoms with Gasteiger partial charge in [0.1, 0.15) is 5.82 Å². The zero-order valence-corrected chi connectivity index (χ0v) is 12.7. The largest absolute Gasteiger partial charge is 0.395 e. The Morgan fingerprint density at radius 1 is 1.37 bits per heavy atom. The third-order valence-corrected chi connectivity index (χ3v) is 4.97. The first-order valence-corrected chi connectivity index (χ1v) is 7.57. The molecule has 2 nitrogen and oxygen atoms in total. The number of nitrogens with two attached hydrogens (primary N) is 1. The molecule has 5 heteroatoms. The van der Waals surface area contributed by atoms with E-state index in [1.807, 2.05) is 11.4 Å². The van der Waals surface area contributed by atoms with Gasteiger partial charge in [-0.3, -0.25) is 0 Å². The van der Waals surface area contributed by atoms with E-state index < -0.39 is 5.41 Å². The summed E-state index contributed by atoms with van der Waals surface area (Å²) in [4.78, 5) is 1.06. The molecule has 1 unspecified atom stereocenters. The van der Waals surface area contributed by atoms with E-state index in [0.29, 0.717) is 12.0 Å². The van der Waals surface area contributed by atoms with Gasteiger partial charge in [0, 0.05) is 26.7 Å². The van der Waals surface area contributed by atoms with Crippen LogP contribution in [0.2, 0.25) is 0 Å². The zero-order chi connectivity index (χ0) is 13.9. The van der Waals surface area contributed by atoms with Crippen LogP contribution in [-0.4, -0.2) is 18.3 Å². The molecule has 0 fully saturated rings. The second-order valence-electron chi connectivity index (χ2n) is 4.53. The van der Waals surface area contributed by atoms with Crippen molar-refractivity contribution in [2.75, 3.05) is 13.2 Å². The fourth-order valence-electron chi connectivity index (χ4n) is 2.15. The van der Waals surface area contributed by atoms with Crippen molar-refractivity contribution in [1.29, 1.82) is 0 Å². The second-order valence-corrected chi connectivity index (χ2v) is 6.44. The molecule has 2 rings (SSSR count). The van der Waals surface area contributed by atoms with E-state index in [2.05, 4.69) is 15.9 Å². The molecule has 0 aliphatic rings. The summed E-state index contributed by atoms with van der Waals surface area (Å²) in [6.07, 6.45) is 0.525. The average Bonchev–Trinajstić information content (AvgIpc) is 2.82. The third-order valence-electron chi connectivity index (χ3n) is 3.27. The summed E-state index contributed by atoms with van der Waals surface area (Å²) in [5, 5.41) is 11.7. The maximum Gasteiger partial charge on any atom is 0.127 e. The Bertz CT molecular complexity index is 554. The van der Waals surface area contributed by atoms with Crippen molar-refractivity contribution in [2.45, 2.75) is 11.8 Å². The van der Waals surface area contributed by atoms with Crippen molar-refractivity contribution in [3.05, 3.63) is 56.4 Å². The topological polar surface area (TPSA) is 46.2 Å². The lowest BCUT2D eigenvalue weighted by atomic mass is 9.77. The van der Waals surface area contributed by atoms with Crippen molar-refractivity contribution in [1.82, 2.24) is 0 Å². The van der Waals surface area contributed by atoms with Crippen LogP contribution in [0.15, 0.2) is 40.2 Å². The normalized spacial score (nSPS) is 14.3. The molecule has 102 valence electrons. The van der Waals surface area contributed by atoms with E-state index in [1.165, 1.54) is 6.07 Å². The van der Waals surface area contributed by atoms with Crippen LogP contribution in [-0.2, 0) is 11.8 Å². The smallest absolute Gasteiger partial charge is 0.127 e. The number of aliphatic hydroxyl groups excluding tert-OH is 1. The molecule has 0 radical (unpaired) electrons. The van der Waals surface area contributed by atoms with E-state index in [1.54, 1.807) is 29.5 Å². The summed E-state index contributed by atoms with van der Waals surface area (Å²) in [6, 6.07) is 8.48. The summed E-state index contributed by atoms with van der Waals surface area (Å²) in [5.41, 5.74) is 5.55. The van der Waals surface area contributed by atoms with Crippen LogP contribution in [0.25, 0.3) is 0 Å². The lowest BCUT2D eigenvalue weighted by Crippen LogP contribution is -2.41. The molecule has 19 heavy (non-hydrogen) atoms. The quantitative estimate of drug-likeness (QED) is 0.876. The Kier molecular flexibility index (Phi) is 4.73. The molecule has 0 aliphatic heterocycles. The molecule has 1 atom stereocenters. The highest BCUT2D eigenvalue weighted by Crippen LogP contribution is 2.32. The van der Waals surface area contributed by atoms with Crippen LogP contribution in [0.3, 0.4) is 0 Å². The van der Waals surface area contributed by atoms with E-state index >= 15 is 0 Å². The average molecular weight is 344 g/mol. The minimum Gasteiger partial charge on any atom is -0.395 e. The molecule has 0 spiro atoms. The van der Waals surface area contributed by atoms with Gasteiger partial charge in [-0.15, -0.1) is 11.3 Å². The lowest BCUT2D eigenvalue weighted by molar-refractivity contribution is 0.193. The van der Waals surface area contributed by atoms with Gasteiger partial charge in [0.25, 0.3) is 0 Å². The number of aliphatic hydroxyl groups is 1. The van der Waals surface area contributed by atoms with Gasteiger partial charge in [-0.1, -0.05) is 18.2 Å². The van der Waals surface area contributed by atoms with Crippen LogP contribution >= 0.6 is 27.3 Å². The highest BCUT2D eigenvalue weighted by molar-refractivity contribution is 9.10. The minimum absolute atomic E-state index is 0.181. The van der Waals surface area contributed by atoms with Gasteiger partial charge >= 0.3 is 0 Å². The van der Waals surface area contributed by atoms with Gasteiger partial charge in [-0.25, -0.2) is 4.39 Å². The minimum atomic E-state index is -0.768. The molecule has 2 aromatic rings. The summed E-state index contributed by atoms with van der Waals surface area (Å²) in [6.45, 7) is 0.0138. The van der Waals surface area contributed by atoms with Gasteiger partial charge in [0.05, 0.1) is 6.61 Å². The number of benzene rings is 1. The molecule has 0 bridgehead atoms. The zero-order valence-electron chi connectivity index (χ0n) is 10.3. The number of hydrogen-bond acceptors (Lipinski definition) is 3. The molecule has 3 N–H and O–H groups in total. The summed E-state index contributed by atoms with van der Waals surface area (Å²) in [7, 11) is 0. The van der Waals surface area contributed by atoms with E-state index in [9.17, 15) is 9.50 Å². The molecule has 0 saturated carbocycles. The Labute approximate surface area is 124 Å². The van der Waals surface area contributed by atoms with Crippen LogP contribution in [0.5, 0.6) is 0 Å². The summed E-state index contributed by atoms with van der Waals surface area (Å²) in [5.74, 6) is -0.322. The summed E-state index contributed by atoms with van der Waals surface area (Å²) < 4.78 is 15.0. The maximum atomic E-state index is 14.0. The van der Waals surface area contributed by atoms with Crippen LogP contribution in [0.4, 0.5) is 4.39 Å². The van der Waals surface area contributed by atoms with Crippen molar-refractivity contribution >= 4 is 27.3 Å². The van der Waals surface area contributed by atoms with Crippen LogP contribution in [0.1, 0.15) is 10.4 Å². The first-order valence-electron chi connectivity index (χ1n) is 5.90. The molecule has 1 aromatic carbocycles. The van der Waals surface area contributed by atoms with Crippen molar-refractivity contribution in [3.8, 4) is 0 Å². The molecule has 1 heterocycles. The molecule has 0 aliphatic carbocycles. The third kappa shape index (κ3) is 3.05. The molecule has 0 saturated heterocycles. The van der Waals surface area contributed by atoms with E-state index in [-0.39, 0.29) is 19.0 Å². The lowest BCUT2D eigenvalue weighted by Gasteiger charge is -2.31. The highest BCUT2D eigenvalue weighted by atomic mass is 79.9. The van der Waals surface area contributed by atoms with E-state index in [4.69, 9.17) is 5.73 Å². The Morgan fingerprint density at radius 2 is 2.11 bits per heavy atom. The van der Waals surface area contributed by atoms with E-state index in [0.717, 1.165) is 9.35 Å². The fourth-order valence-corrected chi connectivity index (χ4v) is 3.75. The maximum absolute atomic E-state index is 14.0. The molecule has 1 aromatic heterocycles. The Morgan fingerprint density at radius 3 is 2.63 bits per heavy atom. The van der Waals surface area contributed by atoms with Gasteiger partial charge < -0.3 is 10.8 Å². The highest BCUT2D eigenvalue weighted by Gasteiger charge is 2.33. The standard InChI is InChI=1S/C14H15BrFNOS/c15-10-5-11(19-7-10)6-14(8-17,9-18)12-3-1-2-4-13(12)16/h1-5,7,18H,6,8-9,17H2. The predicted octanol–water partition coefficient (Wildman–Crippen LogP) is 3.08. The number of halogens is 2. The van der Waals surface area contributed by atoms with Gasteiger partial charge in [0.2, 0.25) is 0 Å². The Balaban J connectivity index is 2.40. The van der Waals surface area contributed by atoms with Gasteiger partial charge in [0.15, 0.2) is 0 Å². The van der Waals surface area contributed by atoms with Crippen molar-refractivity contribution < 1.29 is 9.50 Å². The number of rotatable bonds is 5. The van der Waals surface area contributed by atoms with Crippen LogP contribution < -0.4 is 5.73 Å². The first-order chi connectivity index (χ1) is 9.11. The first kappa shape index (κ1) is 14.7. The Hall–Kier alpha value is -0.750. The predicted molar refractivity (Wildman–Crippen MR) is 79.9 cm³/mol. The number of thiophene rings is 1.